The first-order valence-corrected chi connectivity index (χ1v) is 17.4. The van der Waals surface area contributed by atoms with Crippen molar-refractivity contribution in [3.8, 4) is 11.5 Å². The predicted octanol–water partition coefficient (Wildman–Crippen LogP) is 10.6. The average Bonchev–Trinajstić information content (AvgIpc) is 3.54. The molecule has 238 valence electrons. The van der Waals surface area contributed by atoms with E-state index in [9.17, 15) is 0 Å². The number of para-hydroxylation sites is 3. The minimum absolute atomic E-state index is 0.00533. The fourth-order valence-corrected chi connectivity index (χ4v) is 8.22. The van der Waals surface area contributed by atoms with Crippen LogP contribution in [0.25, 0.3) is 32.7 Å². The van der Waals surface area contributed by atoms with Crippen LogP contribution in [0.5, 0.6) is 11.5 Å². The van der Waals surface area contributed by atoms with Crippen LogP contribution in [0.3, 0.4) is 0 Å². The first kappa shape index (κ1) is 28.2. The molecule has 0 bridgehead atoms. The van der Waals surface area contributed by atoms with Gasteiger partial charge in [0.25, 0.3) is 6.71 Å². The van der Waals surface area contributed by atoms with Crippen LogP contribution in [0.15, 0.2) is 180 Å². The predicted molar refractivity (Wildman–Crippen MR) is 212 cm³/mol. The van der Waals surface area contributed by atoms with E-state index >= 15 is 0 Å². The number of hydrogen-bond donors (Lipinski definition) is 0. The summed E-state index contributed by atoms with van der Waals surface area (Å²) in [6.45, 7) is 0.00533. The van der Waals surface area contributed by atoms with Crippen LogP contribution in [0.2, 0.25) is 0 Å². The zero-order valence-electron chi connectivity index (χ0n) is 27.5. The highest BCUT2D eigenvalue weighted by Gasteiger charge is 2.42. The standard InChI is InChI=1S/C46H29BN2O2/c1-3-14-32(15-4-1)48(34-23-22-30-12-7-8-13-31(30)26-34)35-24-25-36-37-28-45-39(29-44(37)51-43(36)27-35)47-38-18-9-10-19-40(38)49(33-16-5-2-6-17-33)41-20-11-21-42(50-45)46(41)47/h1-29H. The van der Waals surface area contributed by atoms with Crippen molar-refractivity contribution in [1.82, 2.24) is 0 Å². The van der Waals surface area contributed by atoms with Crippen LogP contribution in [0.1, 0.15) is 0 Å². The first-order valence-electron chi connectivity index (χ1n) is 17.4. The highest BCUT2D eigenvalue weighted by atomic mass is 16.5. The second-order valence-corrected chi connectivity index (χ2v) is 13.3. The molecule has 0 spiro atoms. The Morgan fingerprint density at radius 1 is 0.451 bits per heavy atom. The van der Waals surface area contributed by atoms with Crippen LogP contribution in [-0.4, -0.2) is 6.71 Å². The molecule has 5 heteroatoms. The van der Waals surface area contributed by atoms with E-state index < -0.39 is 0 Å². The Morgan fingerprint density at radius 2 is 1.16 bits per heavy atom. The molecule has 0 aliphatic carbocycles. The number of benzene rings is 8. The number of fused-ring (bicyclic) bond motifs is 8. The summed E-state index contributed by atoms with van der Waals surface area (Å²) in [5, 5.41) is 4.52. The molecular weight excluding hydrogens is 623 g/mol. The van der Waals surface area contributed by atoms with Crippen molar-refractivity contribution in [2.75, 3.05) is 9.80 Å². The summed E-state index contributed by atoms with van der Waals surface area (Å²) >= 11 is 0. The SMILES string of the molecule is c1ccc(N(c2ccc3ccccc3c2)c2ccc3c(c2)oc2cc4c(cc23)Oc2cccc3c2B4c2ccccc2N3c2ccccc2)cc1. The van der Waals surface area contributed by atoms with E-state index in [-0.39, 0.29) is 6.71 Å². The van der Waals surface area contributed by atoms with Gasteiger partial charge >= 0.3 is 0 Å². The fraction of sp³-hybridized carbons (Fsp3) is 0. The lowest BCUT2D eigenvalue weighted by molar-refractivity contribution is 0.488. The highest BCUT2D eigenvalue weighted by Crippen LogP contribution is 2.43. The molecule has 11 rings (SSSR count). The molecule has 2 aliphatic heterocycles. The molecule has 9 aromatic rings. The van der Waals surface area contributed by atoms with Crippen LogP contribution in [0, 0.1) is 0 Å². The maximum absolute atomic E-state index is 6.79. The third-order valence-electron chi connectivity index (χ3n) is 10.5. The van der Waals surface area contributed by atoms with Crippen LogP contribution in [-0.2, 0) is 0 Å². The largest absolute Gasteiger partial charge is 0.458 e. The molecular formula is C46H29BN2O2. The average molecular weight is 653 g/mol. The summed E-state index contributed by atoms with van der Waals surface area (Å²) in [6, 6.07) is 62.3. The summed E-state index contributed by atoms with van der Waals surface area (Å²) < 4.78 is 13.6. The third kappa shape index (κ3) is 4.28. The van der Waals surface area contributed by atoms with Gasteiger partial charge in [0.15, 0.2) is 0 Å². The molecule has 51 heavy (non-hydrogen) atoms. The van der Waals surface area contributed by atoms with Crippen molar-refractivity contribution in [3.63, 3.8) is 0 Å². The third-order valence-corrected chi connectivity index (χ3v) is 10.5. The van der Waals surface area contributed by atoms with E-state index in [0.717, 1.165) is 67.3 Å². The molecule has 0 saturated carbocycles. The first-order chi connectivity index (χ1) is 25.3. The van der Waals surface area contributed by atoms with E-state index in [1.54, 1.807) is 0 Å². The van der Waals surface area contributed by atoms with Gasteiger partial charge in [-0.15, -0.1) is 0 Å². The van der Waals surface area contributed by atoms with Crippen molar-refractivity contribution < 1.29 is 9.15 Å². The normalized spacial score (nSPS) is 12.8. The Bertz CT molecular complexity index is 2810. The van der Waals surface area contributed by atoms with Crippen molar-refractivity contribution in [1.29, 1.82) is 0 Å². The second kappa shape index (κ2) is 10.9. The maximum atomic E-state index is 6.79. The number of furan rings is 1. The van der Waals surface area contributed by atoms with Gasteiger partial charge in [0.05, 0.1) is 0 Å². The van der Waals surface area contributed by atoms with Gasteiger partial charge in [0.1, 0.15) is 22.7 Å². The van der Waals surface area contributed by atoms with E-state index in [0.29, 0.717) is 0 Å². The summed E-state index contributed by atoms with van der Waals surface area (Å²) in [5.41, 5.74) is 11.9. The summed E-state index contributed by atoms with van der Waals surface area (Å²) in [4.78, 5) is 4.65. The van der Waals surface area contributed by atoms with Gasteiger partial charge in [-0.1, -0.05) is 91.0 Å². The fourth-order valence-electron chi connectivity index (χ4n) is 8.22. The van der Waals surface area contributed by atoms with Gasteiger partial charge in [-0.05, 0) is 106 Å². The number of nitrogens with zero attached hydrogens (tertiary/aromatic N) is 2. The number of ether oxygens (including phenoxy) is 1. The van der Waals surface area contributed by atoms with Crippen LogP contribution < -0.4 is 30.9 Å². The molecule has 0 radical (unpaired) electrons. The Hall–Kier alpha value is -6.72. The van der Waals surface area contributed by atoms with Crippen LogP contribution >= 0.6 is 0 Å². The Morgan fingerprint density at radius 3 is 2.04 bits per heavy atom. The van der Waals surface area contributed by atoms with E-state index in [1.807, 2.05) is 0 Å². The number of anilines is 6. The molecule has 3 heterocycles. The molecule has 0 atom stereocenters. The monoisotopic (exact) mass is 652 g/mol. The summed E-state index contributed by atoms with van der Waals surface area (Å²) in [7, 11) is 0. The lowest BCUT2D eigenvalue weighted by Crippen LogP contribution is -2.59. The second-order valence-electron chi connectivity index (χ2n) is 13.3. The summed E-state index contributed by atoms with van der Waals surface area (Å²) in [5.74, 6) is 1.76. The molecule has 0 unspecified atom stereocenters. The number of rotatable bonds is 4. The minimum atomic E-state index is 0.00533. The molecule has 8 aromatic carbocycles. The molecule has 0 amide bonds. The Labute approximate surface area is 295 Å². The topological polar surface area (TPSA) is 28.9 Å². The van der Waals surface area contributed by atoms with Gasteiger partial charge in [0.2, 0.25) is 0 Å². The molecule has 0 saturated heterocycles. The lowest BCUT2D eigenvalue weighted by Gasteiger charge is -2.39. The maximum Gasteiger partial charge on any atom is 0.256 e. The van der Waals surface area contributed by atoms with Gasteiger partial charge in [-0.25, -0.2) is 0 Å². The van der Waals surface area contributed by atoms with Gasteiger partial charge in [-0.2, -0.15) is 0 Å². The zero-order valence-corrected chi connectivity index (χ0v) is 27.5. The zero-order chi connectivity index (χ0) is 33.5. The number of hydrogen-bond acceptors (Lipinski definition) is 4. The van der Waals surface area contributed by atoms with Crippen LogP contribution in [0.4, 0.5) is 34.1 Å². The van der Waals surface area contributed by atoms with Crippen molar-refractivity contribution in [2.24, 2.45) is 0 Å². The Kier molecular flexibility index (Phi) is 6.01. The van der Waals surface area contributed by atoms with Crippen molar-refractivity contribution in [2.45, 2.75) is 0 Å². The van der Waals surface area contributed by atoms with Gasteiger partial charge < -0.3 is 19.0 Å². The Balaban J connectivity index is 1.07. The molecule has 0 fully saturated rings. The summed E-state index contributed by atoms with van der Waals surface area (Å²) in [6.07, 6.45) is 0. The van der Waals surface area contributed by atoms with E-state index in [2.05, 4.69) is 186 Å². The van der Waals surface area contributed by atoms with E-state index in [1.165, 1.54) is 27.4 Å². The van der Waals surface area contributed by atoms with Crippen molar-refractivity contribution >= 4 is 89.9 Å². The van der Waals surface area contributed by atoms with Gasteiger partial charge in [-0.3, -0.25) is 0 Å². The minimum Gasteiger partial charge on any atom is -0.458 e. The lowest BCUT2D eigenvalue weighted by atomic mass is 9.34. The highest BCUT2D eigenvalue weighted by molar-refractivity contribution is 6.99. The van der Waals surface area contributed by atoms with Gasteiger partial charge in [0, 0.05) is 51.0 Å². The molecule has 4 nitrogen and oxygen atoms in total. The van der Waals surface area contributed by atoms with E-state index in [4.69, 9.17) is 9.15 Å². The molecule has 1 aromatic heterocycles. The smallest absolute Gasteiger partial charge is 0.256 e. The molecule has 0 N–H and O–H groups in total. The quantitative estimate of drug-likeness (QED) is 0.177. The van der Waals surface area contributed by atoms with Crippen molar-refractivity contribution in [3.05, 3.63) is 176 Å². The molecule has 2 aliphatic rings.